The summed E-state index contributed by atoms with van der Waals surface area (Å²) in [5.74, 6) is 0.00426. The summed E-state index contributed by atoms with van der Waals surface area (Å²) in [6, 6.07) is -0.534. The maximum Gasteiger partial charge on any atom is 0.305 e. The van der Waals surface area contributed by atoms with E-state index in [9.17, 15) is 19.8 Å². The summed E-state index contributed by atoms with van der Waals surface area (Å²) in [6.45, 7) is 5.01. The molecule has 520 valence electrons. The molecule has 0 bridgehead atoms. The summed E-state index contributed by atoms with van der Waals surface area (Å²) in [4.78, 5) is 24.6. The van der Waals surface area contributed by atoms with Gasteiger partial charge >= 0.3 is 5.97 Å². The lowest BCUT2D eigenvalue weighted by atomic mass is 10.0. The Hall–Kier alpha value is -1.14. The molecule has 2 unspecified atom stereocenters. The van der Waals surface area contributed by atoms with Crippen LogP contribution < -0.4 is 5.32 Å². The fourth-order valence-electron chi connectivity index (χ4n) is 13.5. The predicted octanol–water partition coefficient (Wildman–Crippen LogP) is 26.9. The zero-order valence-corrected chi connectivity index (χ0v) is 59.8. The molecule has 0 rings (SSSR count). The van der Waals surface area contributed by atoms with E-state index in [-0.39, 0.29) is 18.5 Å². The Morgan fingerprint density at radius 1 is 0.276 bits per heavy atom. The highest BCUT2D eigenvalue weighted by Gasteiger charge is 2.20. The zero-order chi connectivity index (χ0) is 62.8. The van der Waals surface area contributed by atoms with Gasteiger partial charge in [-0.15, -0.1) is 0 Å². The number of hydrogen-bond donors (Lipinski definition) is 3. The van der Waals surface area contributed by atoms with Crippen LogP contribution in [0.25, 0.3) is 0 Å². The number of rotatable bonds is 78. The minimum Gasteiger partial charge on any atom is -0.466 e. The Morgan fingerprint density at radius 2 is 0.471 bits per heavy atom. The molecular formula is C81H161NO5. The second-order valence-corrected chi connectivity index (χ2v) is 28.5. The van der Waals surface area contributed by atoms with Crippen molar-refractivity contribution in [3.05, 3.63) is 0 Å². The van der Waals surface area contributed by atoms with Crippen LogP contribution in [0.3, 0.4) is 0 Å². The minimum atomic E-state index is -0.658. The summed E-state index contributed by atoms with van der Waals surface area (Å²) in [5.41, 5.74) is 0. The molecule has 0 aromatic carbocycles. The third-order valence-electron chi connectivity index (χ3n) is 19.7. The van der Waals surface area contributed by atoms with Crippen molar-refractivity contribution in [2.45, 2.75) is 495 Å². The molecule has 0 aromatic heterocycles. The number of amides is 1. The SMILES string of the molecule is CCCCCCCCCCCCCCCCCCCCCC(=O)OCCCCCCCCCCCCCCCCCCCCCCCCCCCCCCCCCCCCCCCCCC(=O)NC(CO)C(O)CCCCCCCCCCCCCC. The van der Waals surface area contributed by atoms with Gasteiger partial charge in [-0.1, -0.05) is 444 Å². The van der Waals surface area contributed by atoms with E-state index in [1.165, 1.54) is 411 Å². The van der Waals surface area contributed by atoms with Crippen LogP contribution in [-0.4, -0.2) is 47.4 Å². The molecule has 6 heteroatoms. The van der Waals surface area contributed by atoms with Crippen LogP contribution in [0.15, 0.2) is 0 Å². The van der Waals surface area contributed by atoms with Crippen molar-refractivity contribution in [1.82, 2.24) is 5.32 Å². The second kappa shape index (κ2) is 77.3. The smallest absolute Gasteiger partial charge is 0.305 e. The first-order chi connectivity index (χ1) is 43.0. The molecule has 0 aliphatic carbocycles. The van der Waals surface area contributed by atoms with Crippen molar-refractivity contribution >= 4 is 11.9 Å². The van der Waals surface area contributed by atoms with E-state index in [1.54, 1.807) is 0 Å². The van der Waals surface area contributed by atoms with Crippen LogP contribution in [0.1, 0.15) is 483 Å². The Bertz CT molecular complexity index is 1280. The largest absolute Gasteiger partial charge is 0.466 e. The first-order valence-electron chi connectivity index (χ1n) is 40.8. The summed E-state index contributed by atoms with van der Waals surface area (Å²) >= 11 is 0. The van der Waals surface area contributed by atoms with Crippen LogP contribution in [0, 0.1) is 0 Å². The molecule has 0 spiro atoms. The van der Waals surface area contributed by atoms with E-state index in [1.807, 2.05) is 0 Å². The topological polar surface area (TPSA) is 95.9 Å². The van der Waals surface area contributed by atoms with Crippen LogP contribution in [0.4, 0.5) is 0 Å². The summed E-state index contributed by atoms with van der Waals surface area (Å²) < 4.78 is 5.53. The number of aliphatic hydroxyl groups is 2. The van der Waals surface area contributed by atoms with Gasteiger partial charge in [0.15, 0.2) is 0 Å². The molecule has 3 N–H and O–H groups in total. The van der Waals surface area contributed by atoms with Gasteiger partial charge in [0.1, 0.15) is 0 Å². The average molecular weight is 1230 g/mol. The van der Waals surface area contributed by atoms with Gasteiger partial charge in [0.2, 0.25) is 5.91 Å². The van der Waals surface area contributed by atoms with E-state index in [0.717, 1.165) is 38.5 Å². The fourth-order valence-corrected chi connectivity index (χ4v) is 13.5. The van der Waals surface area contributed by atoms with Gasteiger partial charge in [0, 0.05) is 12.8 Å². The number of carbonyl (C=O) groups excluding carboxylic acids is 2. The lowest BCUT2D eigenvalue weighted by Crippen LogP contribution is -2.45. The van der Waals surface area contributed by atoms with Gasteiger partial charge in [-0.3, -0.25) is 9.59 Å². The van der Waals surface area contributed by atoms with Crippen LogP contribution in [0.5, 0.6) is 0 Å². The van der Waals surface area contributed by atoms with Gasteiger partial charge in [-0.25, -0.2) is 0 Å². The van der Waals surface area contributed by atoms with Gasteiger partial charge in [-0.2, -0.15) is 0 Å². The Balaban J connectivity index is 3.25. The van der Waals surface area contributed by atoms with Gasteiger partial charge in [0.05, 0.1) is 25.4 Å². The van der Waals surface area contributed by atoms with E-state index >= 15 is 0 Å². The van der Waals surface area contributed by atoms with Crippen LogP contribution in [-0.2, 0) is 14.3 Å². The molecule has 2 atom stereocenters. The molecule has 0 saturated carbocycles. The summed E-state index contributed by atoms with van der Waals surface area (Å²) in [7, 11) is 0. The predicted molar refractivity (Wildman–Crippen MR) is 384 cm³/mol. The lowest BCUT2D eigenvalue weighted by Gasteiger charge is -2.22. The average Bonchev–Trinajstić information content (AvgIpc) is 3.54. The highest BCUT2D eigenvalue weighted by Crippen LogP contribution is 2.21. The molecule has 6 nitrogen and oxygen atoms in total. The minimum absolute atomic E-state index is 0.0260. The molecule has 87 heavy (non-hydrogen) atoms. The van der Waals surface area contributed by atoms with Crippen molar-refractivity contribution in [1.29, 1.82) is 0 Å². The number of unbranched alkanes of at least 4 members (excludes halogenated alkanes) is 67. The van der Waals surface area contributed by atoms with Crippen LogP contribution in [0.2, 0.25) is 0 Å². The Morgan fingerprint density at radius 3 is 0.701 bits per heavy atom. The van der Waals surface area contributed by atoms with Gasteiger partial charge < -0.3 is 20.3 Å². The normalized spacial score (nSPS) is 12.4. The third kappa shape index (κ3) is 73.8. The Kier molecular flexibility index (Phi) is 76.3. The number of ether oxygens (including phenoxy) is 1. The van der Waals surface area contributed by atoms with Crippen molar-refractivity contribution < 1.29 is 24.5 Å². The second-order valence-electron chi connectivity index (χ2n) is 28.5. The van der Waals surface area contributed by atoms with E-state index in [4.69, 9.17) is 4.74 Å². The fraction of sp³-hybridized carbons (Fsp3) is 0.975. The van der Waals surface area contributed by atoms with E-state index < -0.39 is 12.1 Å². The number of nitrogens with one attached hydrogen (secondary N) is 1. The highest BCUT2D eigenvalue weighted by molar-refractivity contribution is 5.76. The first kappa shape index (κ1) is 85.9. The molecule has 0 fully saturated rings. The van der Waals surface area contributed by atoms with E-state index in [0.29, 0.717) is 25.9 Å². The van der Waals surface area contributed by atoms with Crippen molar-refractivity contribution in [3.8, 4) is 0 Å². The maximum atomic E-state index is 12.5. The molecule has 0 aromatic rings. The quantitative estimate of drug-likeness (QED) is 0.0417. The zero-order valence-electron chi connectivity index (χ0n) is 59.8. The standard InChI is InChI=1S/C81H161NO5/c1-3-5-7-9-11-13-15-17-18-19-41-45-48-51-55-59-63-67-71-75-81(86)87-76-72-68-64-60-56-52-49-46-43-40-38-36-34-32-30-28-26-24-22-20-21-23-25-27-29-31-33-35-37-39-42-44-47-50-54-58-62-66-70-74-80(85)82-78(77-83)79(84)73-69-65-61-57-53-16-14-12-10-8-6-4-2/h78-79,83-84H,3-77H2,1-2H3,(H,82,85). The maximum absolute atomic E-state index is 12.5. The summed E-state index contributed by atoms with van der Waals surface area (Å²) in [5, 5.41) is 23.3. The van der Waals surface area contributed by atoms with Crippen molar-refractivity contribution in [3.63, 3.8) is 0 Å². The van der Waals surface area contributed by atoms with Crippen LogP contribution >= 0.6 is 0 Å². The van der Waals surface area contributed by atoms with Crippen molar-refractivity contribution in [2.24, 2.45) is 0 Å². The molecule has 0 aliphatic rings. The highest BCUT2D eigenvalue weighted by atomic mass is 16.5. The van der Waals surface area contributed by atoms with Crippen molar-refractivity contribution in [2.75, 3.05) is 13.2 Å². The number of esters is 1. The molecule has 0 saturated heterocycles. The monoisotopic (exact) mass is 1230 g/mol. The molecule has 1 amide bonds. The molecule has 0 radical (unpaired) electrons. The number of aliphatic hydroxyl groups excluding tert-OH is 2. The Labute approximate surface area is 547 Å². The van der Waals surface area contributed by atoms with Gasteiger partial charge in [0.25, 0.3) is 0 Å². The summed E-state index contributed by atoms with van der Waals surface area (Å²) in [6.07, 6.45) is 96.6. The first-order valence-corrected chi connectivity index (χ1v) is 40.8. The molecule has 0 aliphatic heterocycles. The molecule has 0 heterocycles. The van der Waals surface area contributed by atoms with E-state index in [2.05, 4.69) is 19.2 Å². The third-order valence-corrected chi connectivity index (χ3v) is 19.7. The number of carbonyl (C=O) groups is 2. The number of hydrogen-bond acceptors (Lipinski definition) is 5. The molecular weight excluding hydrogens is 1070 g/mol. The lowest BCUT2D eigenvalue weighted by molar-refractivity contribution is -0.143. The van der Waals surface area contributed by atoms with Gasteiger partial charge in [-0.05, 0) is 25.7 Å².